The third-order valence-electron chi connectivity index (χ3n) is 20.8. The summed E-state index contributed by atoms with van der Waals surface area (Å²) in [5, 5.41) is 65.5. The van der Waals surface area contributed by atoms with Crippen LogP contribution in [0, 0.1) is 0 Å². The van der Waals surface area contributed by atoms with Crippen LogP contribution in [0.5, 0.6) is 0 Å². The Morgan fingerprint density at radius 3 is 0.687 bits per heavy atom. The fraction of sp³-hybridized carbons (Fsp3) is 0.742. The van der Waals surface area contributed by atoms with Crippen LogP contribution in [0.25, 0.3) is 0 Å². The molecule has 37 nitrogen and oxygen atoms in total. The number of primary amides is 1. The fourth-order valence-corrected chi connectivity index (χ4v) is 15.9. The van der Waals surface area contributed by atoms with Gasteiger partial charge in [-0.15, -0.1) is 0 Å². The van der Waals surface area contributed by atoms with Crippen molar-refractivity contribution >= 4 is 94.5 Å². The van der Waals surface area contributed by atoms with Crippen molar-refractivity contribution in [1.29, 1.82) is 0 Å². The smallest absolute Gasteiger partial charge is 0.246 e. The molecule has 0 aromatic rings. The van der Waals surface area contributed by atoms with Crippen molar-refractivity contribution in [2.24, 2.45) is 5.73 Å². The molecule has 10 heterocycles. The molecule has 99 heavy (non-hydrogen) atoms. The lowest BCUT2D eigenvalue weighted by Crippen LogP contribution is -2.57. The van der Waals surface area contributed by atoms with E-state index in [0.717, 1.165) is 19.6 Å². The largest absolute Gasteiger partial charge is 0.391 e. The monoisotopic (exact) mass is 1390 g/mol. The van der Waals surface area contributed by atoms with Crippen molar-refractivity contribution in [3.8, 4) is 0 Å². The SMILES string of the molecule is CC(=O)NCC(=O)N1CCC[C@H]1C(=O)N1C[C@H](O)C[C@H]1C(=O)NCC(=O)N1CCC[C@H]1C(=O)N1C[C@H](O)C[C@H]1C(=O)NCC(=O)N1CCC[C@H]1C(=O)N1C[C@H](O)C[C@H]1C(=O)NCC(=O)N1CCC[C@H]1C(=O)N1C[C@H](O)C[C@H]1C(=O)NCC(=O)N1CCC[C@H]1C(=O)N1C[C@H](O)C[C@H]1C(N)=O. The highest BCUT2D eigenvalue weighted by Crippen LogP contribution is 2.32. The molecule has 12 N–H and O–H groups in total. The molecular weight excluding hydrogens is 1300 g/mol. The van der Waals surface area contributed by atoms with E-state index in [9.17, 15) is 102 Å². The number of hydrogen-bond acceptors (Lipinski definition) is 21. The average molecular weight is 1400 g/mol. The van der Waals surface area contributed by atoms with E-state index >= 15 is 0 Å². The Hall–Kier alpha value is -8.68. The summed E-state index contributed by atoms with van der Waals surface area (Å²) in [5.74, 6) is -10.7. The van der Waals surface area contributed by atoms with E-state index in [1.807, 2.05) is 0 Å². The molecule has 10 rings (SSSR count). The molecular formula is C62H90N16O21. The van der Waals surface area contributed by atoms with E-state index in [2.05, 4.69) is 26.6 Å². The van der Waals surface area contributed by atoms with E-state index in [1.54, 1.807) is 0 Å². The Morgan fingerprint density at radius 2 is 0.485 bits per heavy atom. The van der Waals surface area contributed by atoms with Crippen molar-refractivity contribution in [2.45, 2.75) is 194 Å². The lowest BCUT2D eigenvalue weighted by Gasteiger charge is -2.32. The molecule has 0 aliphatic carbocycles. The highest BCUT2D eigenvalue weighted by molar-refractivity contribution is 6.00. The second-order valence-electron chi connectivity index (χ2n) is 27.4. The molecule has 10 aliphatic rings. The normalized spacial score (nSPS) is 30.5. The summed E-state index contributed by atoms with van der Waals surface area (Å²) < 4.78 is 0. The summed E-state index contributed by atoms with van der Waals surface area (Å²) in [4.78, 5) is 229. The van der Waals surface area contributed by atoms with Crippen LogP contribution < -0.4 is 32.3 Å². The second-order valence-corrected chi connectivity index (χ2v) is 27.4. The molecule has 0 spiro atoms. The lowest BCUT2D eigenvalue weighted by molar-refractivity contribution is -0.148. The number of carbonyl (C=O) groups excluding carboxylic acids is 16. The number of nitrogens with one attached hydrogen (secondary N) is 5. The number of β-amino-alcohol motifs (C(OH)–C–C–N with tert-alkyl or cyclic N) is 5. The van der Waals surface area contributed by atoms with Crippen LogP contribution in [0.15, 0.2) is 0 Å². The van der Waals surface area contributed by atoms with Gasteiger partial charge in [-0.05, 0) is 64.2 Å². The third-order valence-corrected chi connectivity index (χ3v) is 20.8. The minimum Gasteiger partial charge on any atom is -0.391 e. The van der Waals surface area contributed by atoms with Gasteiger partial charge in [0.25, 0.3) is 0 Å². The number of rotatable bonds is 20. The quantitative estimate of drug-likeness (QED) is 0.0539. The van der Waals surface area contributed by atoms with Gasteiger partial charge in [-0.25, -0.2) is 0 Å². The predicted octanol–water partition coefficient (Wildman–Crippen LogP) is -10.2. The first-order valence-corrected chi connectivity index (χ1v) is 34.2. The van der Waals surface area contributed by atoms with Crippen LogP contribution in [-0.2, 0) is 76.7 Å². The molecule has 0 saturated carbocycles. The Morgan fingerprint density at radius 1 is 0.293 bits per heavy atom. The number of nitrogens with zero attached hydrogens (tertiary/aromatic N) is 10. The molecule has 0 unspecified atom stereocenters. The highest BCUT2D eigenvalue weighted by atomic mass is 16.3. The maximum Gasteiger partial charge on any atom is 0.246 e. The van der Waals surface area contributed by atoms with Crippen molar-refractivity contribution in [3.05, 3.63) is 0 Å². The van der Waals surface area contributed by atoms with Crippen molar-refractivity contribution in [2.75, 3.05) is 98.2 Å². The number of likely N-dealkylation sites (tertiary alicyclic amines) is 10. The van der Waals surface area contributed by atoms with Gasteiger partial charge in [-0.2, -0.15) is 0 Å². The summed E-state index contributed by atoms with van der Waals surface area (Å²) in [7, 11) is 0. The summed E-state index contributed by atoms with van der Waals surface area (Å²) in [6, 6.07) is -11.3. The Bertz CT molecular complexity index is 3230. The molecule has 0 bridgehead atoms. The minimum absolute atomic E-state index is 0.0377. The molecule has 0 aromatic heterocycles. The molecule has 10 aliphatic heterocycles. The van der Waals surface area contributed by atoms with E-state index in [1.165, 1.54) is 36.3 Å². The Kier molecular flexibility index (Phi) is 23.1. The first-order chi connectivity index (χ1) is 47.1. The summed E-state index contributed by atoms with van der Waals surface area (Å²) >= 11 is 0. The van der Waals surface area contributed by atoms with Crippen LogP contribution in [0.3, 0.4) is 0 Å². The van der Waals surface area contributed by atoms with E-state index in [4.69, 9.17) is 5.73 Å². The molecule has 16 amide bonds. The Labute approximate surface area is 568 Å². The van der Waals surface area contributed by atoms with Gasteiger partial charge in [-0.1, -0.05) is 0 Å². The topological polar surface area (TPSA) is 493 Å². The van der Waals surface area contributed by atoms with Gasteiger partial charge >= 0.3 is 0 Å². The second kappa shape index (κ2) is 31.2. The molecule has 0 radical (unpaired) electrons. The standard InChI is InChI=1S/C62H90N16O21/c1-32(79)64-22-48(85)69-12-3-8-39(69)59(96)75-28-34(81)18-44(75)54(91)66-24-50(87)71-14-5-10-41(71)61(98)77-30-36(83)20-46(77)56(93)68-26-52(89)73-16-6-11-42(73)62(99)78-31-37(84)21-47(78)57(94)67-25-51(88)72-15-4-9-40(72)60(97)76-29-35(82)19-45(76)55(92)65-23-49(86)70-13-2-7-38(70)58(95)74-27-33(80)17-43(74)53(63)90/h33-47,80-84H,2-31H2,1H3,(H2,63,90)(H,64,79)(H,65,92)(H,66,91)(H,67,94)(H,68,93)/t33-,34-,35-,36-,37-,38+,39+,40+,41+,42+,43+,44+,45+,46+,47+/m1/s1. The van der Waals surface area contributed by atoms with Crippen LogP contribution >= 0.6 is 0 Å². The molecule has 10 saturated heterocycles. The van der Waals surface area contributed by atoms with Gasteiger partial charge in [0.1, 0.15) is 60.4 Å². The molecule has 0 aromatic carbocycles. The maximum absolute atomic E-state index is 14.3. The van der Waals surface area contributed by atoms with Crippen LogP contribution in [0.1, 0.15) is 103 Å². The summed E-state index contributed by atoms with van der Waals surface area (Å²) in [6.07, 6.45) is -3.29. The summed E-state index contributed by atoms with van der Waals surface area (Å²) in [6.45, 7) is -2.06. The first-order valence-electron chi connectivity index (χ1n) is 34.2. The van der Waals surface area contributed by atoms with Crippen LogP contribution in [-0.4, -0.2) is 358 Å². The van der Waals surface area contributed by atoms with Crippen molar-refractivity contribution < 1.29 is 102 Å². The zero-order valence-corrected chi connectivity index (χ0v) is 55.2. The van der Waals surface area contributed by atoms with Gasteiger partial charge in [0.2, 0.25) is 94.5 Å². The van der Waals surface area contributed by atoms with E-state index < -0.39 is 212 Å². The van der Waals surface area contributed by atoms with E-state index in [0.29, 0.717) is 38.5 Å². The molecule has 15 atom stereocenters. The number of aliphatic hydroxyl groups excluding tert-OH is 5. The zero-order chi connectivity index (χ0) is 71.4. The third kappa shape index (κ3) is 16.0. The zero-order valence-electron chi connectivity index (χ0n) is 55.2. The lowest BCUT2D eigenvalue weighted by atomic mass is 10.1. The minimum atomic E-state index is -1.30. The van der Waals surface area contributed by atoms with Gasteiger partial charge in [0.15, 0.2) is 0 Å². The van der Waals surface area contributed by atoms with E-state index in [-0.39, 0.29) is 130 Å². The van der Waals surface area contributed by atoms with Gasteiger partial charge in [0, 0.05) is 104 Å². The maximum atomic E-state index is 14.3. The van der Waals surface area contributed by atoms with Crippen molar-refractivity contribution in [1.82, 2.24) is 75.6 Å². The Balaban J connectivity index is 0.676. The first kappa shape index (κ1) is 73.0. The van der Waals surface area contributed by atoms with Gasteiger partial charge in [-0.3, -0.25) is 76.7 Å². The molecule has 37 heteroatoms. The highest BCUT2D eigenvalue weighted by Gasteiger charge is 2.51. The molecule has 544 valence electrons. The van der Waals surface area contributed by atoms with Crippen molar-refractivity contribution in [3.63, 3.8) is 0 Å². The predicted molar refractivity (Wildman–Crippen MR) is 334 cm³/mol. The average Bonchev–Trinajstić information content (AvgIpc) is 1.71. The van der Waals surface area contributed by atoms with Crippen LogP contribution in [0.2, 0.25) is 0 Å². The number of nitrogens with two attached hydrogens (primary N) is 1. The number of aliphatic hydroxyl groups is 5. The molecule has 10 fully saturated rings. The number of hydrogen-bond donors (Lipinski definition) is 11. The van der Waals surface area contributed by atoms with Gasteiger partial charge in [0.05, 0.1) is 63.2 Å². The van der Waals surface area contributed by atoms with Gasteiger partial charge < -0.3 is 107 Å². The number of carbonyl (C=O) groups is 16. The van der Waals surface area contributed by atoms with Crippen LogP contribution in [0.4, 0.5) is 0 Å². The summed E-state index contributed by atoms with van der Waals surface area (Å²) in [5.41, 5.74) is 5.48. The fourth-order valence-electron chi connectivity index (χ4n) is 15.9. The number of amides is 16.